The highest BCUT2D eigenvalue weighted by atomic mass is 35.5. The maximum atomic E-state index is 13.6. The molecule has 90 valence electrons. The molecule has 1 heterocycles. The second kappa shape index (κ2) is 5.30. The van der Waals surface area contributed by atoms with E-state index in [9.17, 15) is 4.39 Å². The highest BCUT2D eigenvalue weighted by Crippen LogP contribution is 2.26. The quantitative estimate of drug-likeness (QED) is 0.768. The van der Waals surface area contributed by atoms with Crippen molar-refractivity contribution in [3.05, 3.63) is 50.7 Å². The van der Waals surface area contributed by atoms with E-state index in [0.29, 0.717) is 10.6 Å². The number of halogens is 2. The Bertz CT molecular complexity index is 635. The average molecular weight is 279 g/mol. The lowest BCUT2D eigenvalue weighted by Gasteiger charge is -2.00. The van der Waals surface area contributed by atoms with Crippen LogP contribution < -0.4 is 0 Å². The van der Waals surface area contributed by atoms with Gasteiger partial charge in [0.1, 0.15) is 16.9 Å². The Balaban J connectivity index is 2.52. The molecule has 0 saturated carbocycles. The number of allylic oxidation sites excluding steroid dienone is 1. The lowest BCUT2D eigenvalue weighted by Crippen LogP contribution is -1.86. The molecule has 0 aliphatic carbocycles. The van der Waals surface area contributed by atoms with Crippen LogP contribution in [0, 0.1) is 24.1 Å². The first-order valence-corrected chi connectivity index (χ1v) is 6.36. The molecule has 0 saturated heterocycles. The Morgan fingerprint density at radius 2 is 2.33 bits per heavy atom. The molecule has 0 N–H and O–H groups in total. The van der Waals surface area contributed by atoms with Crippen LogP contribution in [0.25, 0.3) is 11.6 Å². The molecule has 2 rings (SSSR count). The summed E-state index contributed by atoms with van der Waals surface area (Å²) in [5.41, 5.74) is 1.35. The van der Waals surface area contributed by atoms with Crippen molar-refractivity contribution in [1.82, 2.24) is 4.98 Å². The first kappa shape index (κ1) is 12.7. The Morgan fingerprint density at radius 1 is 1.56 bits per heavy atom. The Labute approximate surface area is 113 Å². The summed E-state index contributed by atoms with van der Waals surface area (Å²) >= 11 is 7.26. The van der Waals surface area contributed by atoms with E-state index in [-0.39, 0.29) is 10.6 Å². The first-order valence-electron chi connectivity index (χ1n) is 5.10. The van der Waals surface area contributed by atoms with Gasteiger partial charge in [-0.05, 0) is 25.1 Å². The van der Waals surface area contributed by atoms with Gasteiger partial charge in [0, 0.05) is 16.6 Å². The van der Waals surface area contributed by atoms with Crippen LogP contribution >= 0.6 is 22.9 Å². The molecule has 2 aromatic rings. The zero-order chi connectivity index (χ0) is 13.1. The van der Waals surface area contributed by atoms with Crippen molar-refractivity contribution in [3.63, 3.8) is 0 Å². The van der Waals surface area contributed by atoms with Crippen molar-refractivity contribution in [2.45, 2.75) is 6.92 Å². The fraction of sp³-hybridized carbons (Fsp3) is 0.0769. The van der Waals surface area contributed by atoms with E-state index >= 15 is 0 Å². The molecule has 18 heavy (non-hydrogen) atoms. The van der Waals surface area contributed by atoms with E-state index in [1.165, 1.54) is 29.5 Å². The van der Waals surface area contributed by atoms with E-state index in [4.69, 9.17) is 16.9 Å². The van der Waals surface area contributed by atoms with Crippen molar-refractivity contribution >= 4 is 34.6 Å². The van der Waals surface area contributed by atoms with Gasteiger partial charge in [-0.15, -0.1) is 11.3 Å². The minimum Gasteiger partial charge on any atom is -0.241 e. The smallest absolute Gasteiger partial charge is 0.134 e. The third-order valence-corrected chi connectivity index (χ3v) is 3.58. The largest absolute Gasteiger partial charge is 0.241 e. The second-order valence-corrected chi connectivity index (χ2v) is 4.86. The molecule has 1 aromatic heterocycles. The molecule has 0 spiro atoms. The number of benzene rings is 1. The molecule has 0 aliphatic heterocycles. The molecule has 0 fully saturated rings. The zero-order valence-corrected chi connectivity index (χ0v) is 11.0. The summed E-state index contributed by atoms with van der Waals surface area (Å²) in [6.07, 6.45) is 1.43. The second-order valence-electron chi connectivity index (χ2n) is 3.60. The summed E-state index contributed by atoms with van der Waals surface area (Å²) in [5, 5.41) is 11.8. The number of hydrogen-bond acceptors (Lipinski definition) is 3. The van der Waals surface area contributed by atoms with E-state index in [0.717, 1.165) is 5.69 Å². The topological polar surface area (TPSA) is 36.7 Å². The first-order chi connectivity index (χ1) is 8.61. The van der Waals surface area contributed by atoms with E-state index < -0.39 is 5.82 Å². The predicted octanol–water partition coefficient (Wildman–Crippen LogP) is 4.31. The molecule has 2 nitrogen and oxygen atoms in total. The van der Waals surface area contributed by atoms with Crippen LogP contribution in [-0.2, 0) is 0 Å². The molecular weight excluding hydrogens is 271 g/mol. The number of nitriles is 1. The van der Waals surface area contributed by atoms with Crippen molar-refractivity contribution in [2.24, 2.45) is 0 Å². The molecule has 0 bridgehead atoms. The van der Waals surface area contributed by atoms with Gasteiger partial charge in [-0.1, -0.05) is 17.7 Å². The van der Waals surface area contributed by atoms with Crippen molar-refractivity contribution in [1.29, 1.82) is 5.26 Å². The molecular formula is C13H8ClFN2S. The van der Waals surface area contributed by atoms with Crippen molar-refractivity contribution < 1.29 is 4.39 Å². The van der Waals surface area contributed by atoms with Gasteiger partial charge in [-0.25, -0.2) is 9.37 Å². The molecule has 0 amide bonds. The van der Waals surface area contributed by atoms with E-state index in [1.54, 1.807) is 6.07 Å². The third-order valence-electron chi connectivity index (χ3n) is 2.26. The van der Waals surface area contributed by atoms with Crippen LogP contribution in [0.15, 0.2) is 23.6 Å². The minimum atomic E-state index is -0.455. The minimum absolute atomic E-state index is 0.212. The van der Waals surface area contributed by atoms with Crippen LogP contribution in [0.2, 0.25) is 5.02 Å². The van der Waals surface area contributed by atoms with Crippen LogP contribution in [0.3, 0.4) is 0 Å². The fourth-order valence-electron chi connectivity index (χ4n) is 1.41. The van der Waals surface area contributed by atoms with Crippen molar-refractivity contribution in [2.75, 3.05) is 0 Å². The zero-order valence-electron chi connectivity index (χ0n) is 9.45. The van der Waals surface area contributed by atoms with E-state index in [2.05, 4.69) is 4.98 Å². The van der Waals surface area contributed by atoms with Gasteiger partial charge in [0.2, 0.25) is 0 Å². The summed E-state index contributed by atoms with van der Waals surface area (Å²) < 4.78 is 13.6. The number of aromatic nitrogens is 1. The number of hydrogen-bond donors (Lipinski definition) is 0. The summed E-state index contributed by atoms with van der Waals surface area (Å²) in [7, 11) is 0. The van der Waals surface area contributed by atoms with E-state index in [1.807, 2.05) is 18.4 Å². The van der Waals surface area contributed by atoms with Gasteiger partial charge in [-0.3, -0.25) is 0 Å². The number of nitrogens with zero attached hydrogens (tertiary/aromatic N) is 2. The molecule has 0 atom stereocenters. The number of rotatable bonds is 2. The molecule has 0 unspecified atom stereocenters. The van der Waals surface area contributed by atoms with Gasteiger partial charge < -0.3 is 0 Å². The maximum absolute atomic E-state index is 13.6. The number of aryl methyl sites for hydroxylation is 1. The van der Waals surface area contributed by atoms with Crippen molar-refractivity contribution in [3.8, 4) is 6.07 Å². The molecule has 1 aromatic carbocycles. The monoisotopic (exact) mass is 278 g/mol. The Morgan fingerprint density at radius 3 is 2.89 bits per heavy atom. The third kappa shape index (κ3) is 2.58. The maximum Gasteiger partial charge on any atom is 0.134 e. The lowest BCUT2D eigenvalue weighted by atomic mass is 10.1. The Hall–Kier alpha value is -1.70. The standard InChI is InChI=1S/C13H8ClFN2S/c1-8-7-18-13(17-8)9(6-16)5-10-11(14)3-2-4-12(10)15/h2-5,7H,1H3/b9-5-. The van der Waals surface area contributed by atoms with Gasteiger partial charge in [-0.2, -0.15) is 5.26 Å². The van der Waals surface area contributed by atoms with Gasteiger partial charge in [0.25, 0.3) is 0 Å². The fourth-order valence-corrected chi connectivity index (χ4v) is 2.39. The highest BCUT2D eigenvalue weighted by Gasteiger charge is 2.09. The van der Waals surface area contributed by atoms with Crippen LogP contribution in [-0.4, -0.2) is 4.98 Å². The van der Waals surface area contributed by atoms with Crippen LogP contribution in [0.5, 0.6) is 0 Å². The Kier molecular flexibility index (Phi) is 3.75. The van der Waals surface area contributed by atoms with Crippen LogP contribution in [0.1, 0.15) is 16.3 Å². The van der Waals surface area contributed by atoms with Gasteiger partial charge in [0.05, 0.1) is 10.6 Å². The predicted molar refractivity (Wildman–Crippen MR) is 71.7 cm³/mol. The molecule has 0 aliphatic rings. The normalized spacial score (nSPS) is 11.3. The highest BCUT2D eigenvalue weighted by molar-refractivity contribution is 7.11. The van der Waals surface area contributed by atoms with Gasteiger partial charge >= 0.3 is 0 Å². The SMILES string of the molecule is Cc1csc(/C(C#N)=C\c2c(F)cccc2Cl)n1. The summed E-state index contributed by atoms with van der Waals surface area (Å²) in [4.78, 5) is 4.20. The number of thiazole rings is 1. The molecule has 5 heteroatoms. The van der Waals surface area contributed by atoms with Crippen LogP contribution in [0.4, 0.5) is 4.39 Å². The average Bonchev–Trinajstić information content (AvgIpc) is 2.76. The van der Waals surface area contributed by atoms with Gasteiger partial charge in [0.15, 0.2) is 0 Å². The lowest BCUT2D eigenvalue weighted by molar-refractivity contribution is 0.625. The summed E-state index contributed by atoms with van der Waals surface area (Å²) in [5.74, 6) is -0.455. The molecule has 0 radical (unpaired) electrons. The summed E-state index contributed by atoms with van der Waals surface area (Å²) in [6, 6.07) is 6.43. The summed E-state index contributed by atoms with van der Waals surface area (Å²) in [6.45, 7) is 1.84.